The number of amides is 2. The molecule has 1 N–H and O–H groups in total. The van der Waals surface area contributed by atoms with Gasteiger partial charge < -0.3 is 14.7 Å². The number of anilines is 1. The van der Waals surface area contributed by atoms with Gasteiger partial charge in [-0.2, -0.15) is 0 Å². The van der Waals surface area contributed by atoms with E-state index in [1.165, 1.54) is 15.4 Å². The van der Waals surface area contributed by atoms with E-state index in [0.717, 1.165) is 49.7 Å². The number of rotatable bonds is 5. The van der Waals surface area contributed by atoms with E-state index in [2.05, 4.69) is 6.07 Å². The first kappa shape index (κ1) is 23.4. The number of aryl methyl sites for hydroxylation is 1. The summed E-state index contributed by atoms with van der Waals surface area (Å²) >= 11 is 0. The molecule has 0 radical (unpaired) electrons. The molecule has 1 fully saturated rings. The summed E-state index contributed by atoms with van der Waals surface area (Å²) in [7, 11) is 0. The number of ether oxygens (including phenoxy) is 1. The molecule has 35 heavy (non-hydrogen) atoms. The molecule has 0 aromatic heterocycles. The molecule has 2 aromatic rings. The Balaban J connectivity index is 1.41. The average molecular weight is 477 g/mol. The molecule has 1 aliphatic heterocycles. The maximum Gasteiger partial charge on any atom is 0.415 e. The van der Waals surface area contributed by atoms with Crippen LogP contribution in [0.1, 0.15) is 55.2 Å². The standard InChI is InChI=1S/C28H32N2O5/c31-26(32)18-29(22-15-14-19-8-4-5-9-20(19)16-22)27(33)25-17-21-10-6-7-13-24(21)30(25)28(34)35-23-11-2-1-3-12-23/h4-10,13,22-23,25H,1-3,11-12,14-18H2,(H,31,32)/t22-,25-/m1/s1. The Morgan fingerprint density at radius 1 is 0.886 bits per heavy atom. The van der Waals surface area contributed by atoms with E-state index in [-0.39, 0.29) is 24.6 Å². The van der Waals surface area contributed by atoms with Crippen LogP contribution in [0.3, 0.4) is 0 Å². The van der Waals surface area contributed by atoms with Crippen molar-refractivity contribution in [3.63, 3.8) is 0 Å². The number of para-hydroxylation sites is 1. The van der Waals surface area contributed by atoms with Gasteiger partial charge in [0.05, 0.1) is 5.69 Å². The summed E-state index contributed by atoms with van der Waals surface area (Å²) in [5.74, 6) is -1.38. The number of carboxylic acids is 1. The number of benzene rings is 2. The lowest BCUT2D eigenvalue weighted by molar-refractivity contribution is -0.147. The van der Waals surface area contributed by atoms with Crippen LogP contribution < -0.4 is 4.90 Å². The third kappa shape index (κ3) is 4.90. The Morgan fingerprint density at radius 3 is 2.31 bits per heavy atom. The van der Waals surface area contributed by atoms with E-state index in [4.69, 9.17) is 4.74 Å². The highest BCUT2D eigenvalue weighted by molar-refractivity contribution is 6.01. The van der Waals surface area contributed by atoms with Crippen molar-refractivity contribution in [2.75, 3.05) is 11.4 Å². The van der Waals surface area contributed by atoms with Crippen molar-refractivity contribution in [1.29, 1.82) is 0 Å². The third-order valence-electron chi connectivity index (χ3n) is 7.63. The van der Waals surface area contributed by atoms with Crippen molar-refractivity contribution >= 4 is 23.7 Å². The predicted molar refractivity (Wildman–Crippen MR) is 131 cm³/mol. The van der Waals surface area contributed by atoms with Gasteiger partial charge >= 0.3 is 12.1 Å². The van der Waals surface area contributed by atoms with Crippen LogP contribution in [0.15, 0.2) is 48.5 Å². The monoisotopic (exact) mass is 476 g/mol. The molecule has 7 heteroatoms. The minimum absolute atomic E-state index is 0.135. The largest absolute Gasteiger partial charge is 0.480 e. The predicted octanol–water partition coefficient (Wildman–Crippen LogP) is 4.36. The second-order valence-corrected chi connectivity index (χ2v) is 9.89. The molecular formula is C28H32N2O5. The van der Waals surface area contributed by atoms with E-state index in [0.29, 0.717) is 24.9 Å². The van der Waals surface area contributed by atoms with Crippen molar-refractivity contribution in [3.8, 4) is 0 Å². The first-order chi connectivity index (χ1) is 17.0. The molecule has 184 valence electrons. The fourth-order valence-corrected chi connectivity index (χ4v) is 5.86. The van der Waals surface area contributed by atoms with Crippen molar-refractivity contribution < 1.29 is 24.2 Å². The lowest BCUT2D eigenvalue weighted by Gasteiger charge is -2.37. The quantitative estimate of drug-likeness (QED) is 0.693. The van der Waals surface area contributed by atoms with E-state index in [9.17, 15) is 19.5 Å². The summed E-state index contributed by atoms with van der Waals surface area (Å²) in [4.78, 5) is 42.1. The molecule has 0 spiro atoms. The molecule has 0 bridgehead atoms. The van der Waals surface area contributed by atoms with Gasteiger partial charge in [0.1, 0.15) is 18.7 Å². The van der Waals surface area contributed by atoms with Crippen LogP contribution in [0.5, 0.6) is 0 Å². The first-order valence-corrected chi connectivity index (χ1v) is 12.7. The fourth-order valence-electron chi connectivity index (χ4n) is 5.86. The molecule has 2 aromatic carbocycles. The van der Waals surface area contributed by atoms with E-state index >= 15 is 0 Å². The number of carboxylic acid groups (broad SMARTS) is 1. The van der Waals surface area contributed by atoms with Gasteiger partial charge in [0.25, 0.3) is 0 Å². The van der Waals surface area contributed by atoms with E-state index in [1.807, 2.05) is 42.5 Å². The number of nitrogens with zero attached hydrogens (tertiary/aromatic N) is 2. The van der Waals surface area contributed by atoms with Gasteiger partial charge in [-0.3, -0.25) is 14.5 Å². The van der Waals surface area contributed by atoms with Crippen LogP contribution in [-0.4, -0.2) is 52.7 Å². The number of fused-ring (bicyclic) bond motifs is 2. The zero-order chi connectivity index (χ0) is 24.4. The minimum Gasteiger partial charge on any atom is -0.480 e. The summed E-state index contributed by atoms with van der Waals surface area (Å²) < 4.78 is 5.87. The van der Waals surface area contributed by atoms with Crippen LogP contribution >= 0.6 is 0 Å². The smallest absolute Gasteiger partial charge is 0.415 e. The molecule has 0 saturated heterocycles. The van der Waals surface area contributed by atoms with Gasteiger partial charge in [-0.25, -0.2) is 4.79 Å². The molecule has 5 rings (SSSR count). The van der Waals surface area contributed by atoms with Crippen LogP contribution in [0.4, 0.5) is 10.5 Å². The van der Waals surface area contributed by atoms with Crippen molar-refractivity contribution in [3.05, 3.63) is 65.2 Å². The Morgan fingerprint density at radius 2 is 1.57 bits per heavy atom. The van der Waals surface area contributed by atoms with Crippen molar-refractivity contribution in [1.82, 2.24) is 4.90 Å². The summed E-state index contributed by atoms with van der Waals surface area (Å²) in [5.41, 5.74) is 3.97. The number of aliphatic carboxylic acids is 1. The number of hydrogen-bond acceptors (Lipinski definition) is 4. The molecule has 3 aliphatic rings. The summed E-state index contributed by atoms with van der Waals surface area (Å²) in [5, 5.41) is 9.67. The van der Waals surface area contributed by atoms with Gasteiger partial charge in [0.2, 0.25) is 5.91 Å². The summed E-state index contributed by atoms with van der Waals surface area (Å²) in [6, 6.07) is 14.6. The molecule has 2 aliphatic carbocycles. The average Bonchev–Trinajstić information content (AvgIpc) is 3.27. The van der Waals surface area contributed by atoms with Crippen molar-refractivity contribution in [2.24, 2.45) is 0 Å². The second-order valence-electron chi connectivity index (χ2n) is 9.89. The van der Waals surface area contributed by atoms with E-state index < -0.39 is 18.1 Å². The molecule has 1 heterocycles. The normalized spacial score (nSPS) is 21.7. The van der Waals surface area contributed by atoms with Crippen LogP contribution in [-0.2, 0) is 33.6 Å². The highest BCUT2D eigenvalue weighted by atomic mass is 16.6. The van der Waals surface area contributed by atoms with Gasteiger partial charge in [0.15, 0.2) is 0 Å². The van der Waals surface area contributed by atoms with Crippen molar-refractivity contribution in [2.45, 2.75) is 76.0 Å². The molecule has 2 amide bonds. The van der Waals surface area contributed by atoms with E-state index in [1.54, 1.807) is 0 Å². The Kier molecular flexibility index (Phi) is 6.75. The van der Waals surface area contributed by atoms with Crippen LogP contribution in [0.2, 0.25) is 0 Å². The van der Waals surface area contributed by atoms with Gasteiger partial charge in [-0.1, -0.05) is 48.9 Å². The Labute approximate surface area is 205 Å². The van der Waals surface area contributed by atoms with Gasteiger partial charge in [-0.15, -0.1) is 0 Å². The lowest BCUT2D eigenvalue weighted by atomic mass is 9.87. The zero-order valence-corrected chi connectivity index (χ0v) is 19.9. The Hall–Kier alpha value is -3.35. The summed E-state index contributed by atoms with van der Waals surface area (Å²) in [6.07, 6.45) is 6.71. The number of hydrogen-bond donors (Lipinski definition) is 1. The fraction of sp³-hybridized carbons (Fsp3) is 0.464. The van der Waals surface area contributed by atoms with Crippen LogP contribution in [0.25, 0.3) is 0 Å². The molecule has 0 unspecified atom stereocenters. The highest BCUT2D eigenvalue weighted by Crippen LogP contribution is 2.35. The Bertz CT molecular complexity index is 1110. The first-order valence-electron chi connectivity index (χ1n) is 12.7. The van der Waals surface area contributed by atoms with Crippen LogP contribution in [0, 0.1) is 0 Å². The second kappa shape index (κ2) is 10.1. The number of carbonyl (C=O) groups excluding carboxylic acids is 2. The van der Waals surface area contributed by atoms with Gasteiger partial charge in [0, 0.05) is 12.5 Å². The summed E-state index contributed by atoms with van der Waals surface area (Å²) in [6.45, 7) is -0.385. The highest BCUT2D eigenvalue weighted by Gasteiger charge is 2.43. The maximum absolute atomic E-state index is 14.0. The molecule has 2 atom stereocenters. The minimum atomic E-state index is -1.05. The zero-order valence-electron chi connectivity index (χ0n) is 19.9. The lowest BCUT2D eigenvalue weighted by Crippen LogP contribution is -2.55. The molecular weight excluding hydrogens is 444 g/mol. The molecule has 1 saturated carbocycles. The van der Waals surface area contributed by atoms with Gasteiger partial charge in [-0.05, 0) is 67.7 Å². The maximum atomic E-state index is 14.0. The topological polar surface area (TPSA) is 87.2 Å². The third-order valence-corrected chi connectivity index (χ3v) is 7.63. The number of carbonyl (C=O) groups is 3. The SMILES string of the molecule is O=C(O)CN(C(=O)[C@H]1Cc2ccccc2N1C(=O)OC1CCCCC1)[C@@H]1CCc2ccccc2C1. The molecule has 7 nitrogen and oxygen atoms in total.